The average Bonchev–Trinajstić information content (AvgIpc) is 3.09. The fraction of sp³-hybridized carbons (Fsp3) is 0.538. The number of hydrogen-bond acceptors (Lipinski definition) is 2. The summed E-state index contributed by atoms with van der Waals surface area (Å²) in [5, 5.41) is 3.56. The molecule has 1 N–H and O–H groups in total. The molecule has 1 saturated carbocycles. The second-order valence-electron chi connectivity index (χ2n) is 4.32. The first-order valence-corrected chi connectivity index (χ1v) is 5.67. The molecule has 2 heteroatoms. The highest BCUT2D eigenvalue weighted by atomic mass is 16.5. The number of benzene rings is 1. The molecule has 82 valence electrons. The van der Waals surface area contributed by atoms with Gasteiger partial charge in [-0.1, -0.05) is 18.2 Å². The van der Waals surface area contributed by atoms with E-state index in [1.807, 2.05) is 12.1 Å². The highest BCUT2D eigenvalue weighted by Gasteiger charge is 2.22. The van der Waals surface area contributed by atoms with Crippen molar-refractivity contribution < 1.29 is 4.74 Å². The number of nitrogens with one attached hydrogen (secondary N) is 1. The fourth-order valence-electron chi connectivity index (χ4n) is 1.80. The van der Waals surface area contributed by atoms with Gasteiger partial charge in [0.1, 0.15) is 5.75 Å². The predicted molar refractivity (Wildman–Crippen MR) is 62.1 cm³/mol. The molecule has 2 nitrogen and oxygen atoms in total. The average molecular weight is 205 g/mol. The highest BCUT2D eigenvalue weighted by Crippen LogP contribution is 2.30. The van der Waals surface area contributed by atoms with Gasteiger partial charge in [0, 0.05) is 11.6 Å². The maximum atomic E-state index is 5.35. The Balaban J connectivity index is 1.98. The van der Waals surface area contributed by atoms with E-state index in [0.29, 0.717) is 6.04 Å². The second kappa shape index (κ2) is 4.67. The van der Waals surface area contributed by atoms with E-state index in [-0.39, 0.29) is 0 Å². The van der Waals surface area contributed by atoms with E-state index in [0.717, 1.165) is 18.2 Å². The number of ether oxygens (including phenoxy) is 1. The lowest BCUT2D eigenvalue weighted by molar-refractivity contribution is 0.401. The van der Waals surface area contributed by atoms with Crippen molar-refractivity contribution in [2.45, 2.75) is 25.8 Å². The van der Waals surface area contributed by atoms with Crippen LogP contribution < -0.4 is 10.1 Å². The quantitative estimate of drug-likeness (QED) is 0.798. The van der Waals surface area contributed by atoms with Gasteiger partial charge in [-0.15, -0.1) is 0 Å². The molecule has 15 heavy (non-hydrogen) atoms. The van der Waals surface area contributed by atoms with Crippen molar-refractivity contribution in [3.8, 4) is 5.75 Å². The molecule has 1 aromatic rings. The van der Waals surface area contributed by atoms with Crippen LogP contribution in [0.5, 0.6) is 5.75 Å². The largest absolute Gasteiger partial charge is 0.496 e. The fourth-order valence-corrected chi connectivity index (χ4v) is 1.80. The molecule has 0 aliphatic heterocycles. The van der Waals surface area contributed by atoms with Gasteiger partial charge < -0.3 is 10.1 Å². The van der Waals surface area contributed by atoms with Crippen LogP contribution in [0.1, 0.15) is 31.4 Å². The van der Waals surface area contributed by atoms with Gasteiger partial charge in [0.15, 0.2) is 0 Å². The normalized spacial score (nSPS) is 17.5. The van der Waals surface area contributed by atoms with E-state index in [2.05, 4.69) is 24.4 Å². The minimum Gasteiger partial charge on any atom is -0.496 e. The van der Waals surface area contributed by atoms with Crippen molar-refractivity contribution in [2.24, 2.45) is 5.92 Å². The van der Waals surface area contributed by atoms with Crippen molar-refractivity contribution >= 4 is 0 Å². The van der Waals surface area contributed by atoms with Gasteiger partial charge in [-0.05, 0) is 38.3 Å². The molecule has 0 saturated heterocycles. The van der Waals surface area contributed by atoms with E-state index in [1.54, 1.807) is 7.11 Å². The first-order valence-electron chi connectivity index (χ1n) is 5.67. The van der Waals surface area contributed by atoms with Crippen LogP contribution in [0.3, 0.4) is 0 Å². The number of para-hydroxylation sites is 1. The molecule has 0 heterocycles. The summed E-state index contributed by atoms with van der Waals surface area (Å²) in [5.41, 5.74) is 1.25. The topological polar surface area (TPSA) is 21.3 Å². The van der Waals surface area contributed by atoms with Crippen LogP contribution in [0.15, 0.2) is 24.3 Å². The predicted octanol–water partition coefficient (Wildman–Crippen LogP) is 2.76. The number of rotatable bonds is 5. The van der Waals surface area contributed by atoms with Gasteiger partial charge in [0.05, 0.1) is 7.11 Å². The summed E-state index contributed by atoms with van der Waals surface area (Å²) >= 11 is 0. The van der Waals surface area contributed by atoms with Crippen molar-refractivity contribution in [2.75, 3.05) is 13.7 Å². The Kier molecular flexibility index (Phi) is 3.27. The van der Waals surface area contributed by atoms with Crippen molar-refractivity contribution in [3.63, 3.8) is 0 Å². The summed E-state index contributed by atoms with van der Waals surface area (Å²) in [6.07, 6.45) is 2.79. The van der Waals surface area contributed by atoms with Gasteiger partial charge in [-0.25, -0.2) is 0 Å². The summed E-state index contributed by atoms with van der Waals surface area (Å²) in [6, 6.07) is 8.60. The van der Waals surface area contributed by atoms with Crippen LogP contribution in [-0.4, -0.2) is 13.7 Å². The molecule has 1 fully saturated rings. The lowest BCUT2D eigenvalue weighted by atomic mass is 10.1. The third kappa shape index (κ3) is 2.72. The Morgan fingerprint density at radius 3 is 2.80 bits per heavy atom. The molecule has 1 aliphatic rings. The van der Waals surface area contributed by atoms with E-state index >= 15 is 0 Å². The van der Waals surface area contributed by atoms with Crippen LogP contribution in [0, 0.1) is 5.92 Å². The van der Waals surface area contributed by atoms with Crippen LogP contribution in [0.25, 0.3) is 0 Å². The van der Waals surface area contributed by atoms with Crippen LogP contribution in [-0.2, 0) is 0 Å². The van der Waals surface area contributed by atoms with Crippen LogP contribution in [0.4, 0.5) is 0 Å². The minimum absolute atomic E-state index is 0.377. The summed E-state index contributed by atoms with van der Waals surface area (Å²) in [7, 11) is 1.73. The van der Waals surface area contributed by atoms with Gasteiger partial charge in [-0.2, -0.15) is 0 Å². The lowest BCUT2D eigenvalue weighted by Gasteiger charge is -2.16. The Morgan fingerprint density at radius 1 is 1.40 bits per heavy atom. The van der Waals surface area contributed by atoms with Crippen molar-refractivity contribution in [3.05, 3.63) is 29.8 Å². The van der Waals surface area contributed by atoms with E-state index in [9.17, 15) is 0 Å². The Bertz CT molecular complexity index is 320. The molecular formula is C13H19NO. The Morgan fingerprint density at radius 2 is 2.13 bits per heavy atom. The zero-order valence-electron chi connectivity index (χ0n) is 9.49. The monoisotopic (exact) mass is 205 g/mol. The SMILES string of the molecule is COc1ccccc1C(C)NCC1CC1. The highest BCUT2D eigenvalue weighted by molar-refractivity contribution is 5.35. The summed E-state index contributed by atoms with van der Waals surface area (Å²) < 4.78 is 5.35. The maximum Gasteiger partial charge on any atom is 0.123 e. The van der Waals surface area contributed by atoms with E-state index in [4.69, 9.17) is 4.74 Å². The van der Waals surface area contributed by atoms with Gasteiger partial charge in [0.2, 0.25) is 0 Å². The molecule has 2 rings (SSSR count). The Labute approximate surface area is 91.6 Å². The molecule has 0 amide bonds. The van der Waals surface area contributed by atoms with E-state index < -0.39 is 0 Å². The van der Waals surface area contributed by atoms with Crippen LogP contribution in [0.2, 0.25) is 0 Å². The van der Waals surface area contributed by atoms with Gasteiger partial charge in [-0.3, -0.25) is 0 Å². The molecule has 0 aromatic heterocycles. The van der Waals surface area contributed by atoms with Crippen molar-refractivity contribution in [1.29, 1.82) is 0 Å². The smallest absolute Gasteiger partial charge is 0.123 e. The third-order valence-electron chi connectivity index (χ3n) is 3.02. The zero-order valence-corrected chi connectivity index (χ0v) is 9.49. The number of hydrogen-bond donors (Lipinski definition) is 1. The van der Waals surface area contributed by atoms with Gasteiger partial charge >= 0.3 is 0 Å². The lowest BCUT2D eigenvalue weighted by Crippen LogP contribution is -2.21. The molecule has 1 aliphatic carbocycles. The maximum absolute atomic E-state index is 5.35. The van der Waals surface area contributed by atoms with Crippen LogP contribution >= 0.6 is 0 Å². The van der Waals surface area contributed by atoms with Crippen molar-refractivity contribution in [1.82, 2.24) is 5.32 Å². The first-order chi connectivity index (χ1) is 7.31. The third-order valence-corrected chi connectivity index (χ3v) is 3.02. The molecule has 1 atom stereocenters. The summed E-state index contributed by atoms with van der Waals surface area (Å²) in [5.74, 6) is 1.90. The summed E-state index contributed by atoms with van der Waals surface area (Å²) in [4.78, 5) is 0. The van der Waals surface area contributed by atoms with Gasteiger partial charge in [0.25, 0.3) is 0 Å². The first kappa shape index (κ1) is 10.5. The molecule has 0 spiro atoms. The Hall–Kier alpha value is -1.02. The molecular weight excluding hydrogens is 186 g/mol. The summed E-state index contributed by atoms with van der Waals surface area (Å²) in [6.45, 7) is 3.33. The molecule has 0 radical (unpaired) electrons. The zero-order chi connectivity index (χ0) is 10.7. The number of methoxy groups -OCH3 is 1. The molecule has 1 unspecified atom stereocenters. The minimum atomic E-state index is 0.377. The standard InChI is InChI=1S/C13H19NO/c1-10(14-9-11-7-8-11)12-5-3-4-6-13(12)15-2/h3-6,10-11,14H,7-9H2,1-2H3. The van der Waals surface area contributed by atoms with E-state index in [1.165, 1.54) is 18.4 Å². The second-order valence-corrected chi connectivity index (χ2v) is 4.32. The molecule has 0 bridgehead atoms. The molecule has 1 aromatic carbocycles.